The number of esters is 3. The van der Waals surface area contributed by atoms with E-state index in [9.17, 15) is 14.4 Å². The van der Waals surface area contributed by atoms with E-state index in [-0.39, 0.29) is 37.5 Å². The van der Waals surface area contributed by atoms with Crippen LogP contribution >= 0.6 is 0 Å². The molecule has 0 aliphatic rings. The third kappa shape index (κ3) is 47.9. The highest BCUT2D eigenvalue weighted by Crippen LogP contribution is 2.15. The number of hydrogen-bond donors (Lipinski definition) is 0. The standard InChI is InChI=1S/C56H96O6/c1-4-7-10-13-16-19-22-24-26-28-30-31-34-37-40-43-46-49-55(58)61-52-53(51-60-54(57)48-45-42-39-36-33-21-18-15-12-9-6-3)62-56(59)50-47-44-41-38-35-32-29-27-25-23-20-17-14-11-8-5-2/h7,10,15-16,18-19,24,26,30-31,37,40,53H,4-6,8-9,11-14,17,20-23,25,27-29,32-36,38-39,41-52H2,1-3H3/b10-7-,18-15-,19-16-,26-24-,31-30-,40-37-. The normalized spacial score (nSPS) is 12.6. The Bertz CT molecular complexity index is 1180. The number of hydrogen-bond acceptors (Lipinski definition) is 6. The predicted octanol–water partition coefficient (Wildman–Crippen LogP) is 17.0. The minimum absolute atomic E-state index is 0.0960. The first kappa shape index (κ1) is 58.9. The Morgan fingerprint density at radius 3 is 1.11 bits per heavy atom. The van der Waals surface area contributed by atoms with Crippen molar-refractivity contribution in [1.29, 1.82) is 0 Å². The van der Waals surface area contributed by atoms with Crippen LogP contribution in [-0.2, 0) is 28.6 Å². The molecule has 62 heavy (non-hydrogen) atoms. The van der Waals surface area contributed by atoms with Crippen LogP contribution in [0.15, 0.2) is 72.9 Å². The van der Waals surface area contributed by atoms with Gasteiger partial charge in [0.1, 0.15) is 13.2 Å². The number of unbranched alkanes of at least 4 members (excludes halogenated alkanes) is 23. The van der Waals surface area contributed by atoms with Crippen LogP contribution in [0.3, 0.4) is 0 Å². The van der Waals surface area contributed by atoms with Gasteiger partial charge in [0.05, 0.1) is 0 Å². The van der Waals surface area contributed by atoms with E-state index in [1.807, 2.05) is 0 Å². The maximum Gasteiger partial charge on any atom is 0.306 e. The molecule has 6 nitrogen and oxygen atoms in total. The topological polar surface area (TPSA) is 78.9 Å². The van der Waals surface area contributed by atoms with Gasteiger partial charge in [-0.15, -0.1) is 0 Å². The molecule has 1 unspecified atom stereocenters. The molecule has 0 aromatic rings. The van der Waals surface area contributed by atoms with E-state index >= 15 is 0 Å². The van der Waals surface area contributed by atoms with Crippen molar-refractivity contribution in [2.75, 3.05) is 13.2 Å². The maximum absolute atomic E-state index is 12.8. The van der Waals surface area contributed by atoms with Crippen LogP contribution in [0.25, 0.3) is 0 Å². The number of carbonyl (C=O) groups is 3. The molecule has 356 valence electrons. The van der Waals surface area contributed by atoms with Gasteiger partial charge in [0, 0.05) is 19.3 Å². The molecule has 0 aromatic carbocycles. The zero-order valence-electron chi connectivity index (χ0n) is 40.6. The summed E-state index contributed by atoms with van der Waals surface area (Å²) in [6, 6.07) is 0. The van der Waals surface area contributed by atoms with Crippen LogP contribution in [0.1, 0.15) is 245 Å². The van der Waals surface area contributed by atoms with E-state index in [0.29, 0.717) is 19.3 Å². The van der Waals surface area contributed by atoms with Crippen LogP contribution in [-0.4, -0.2) is 37.2 Å². The largest absolute Gasteiger partial charge is 0.462 e. The van der Waals surface area contributed by atoms with Crippen molar-refractivity contribution in [3.63, 3.8) is 0 Å². The van der Waals surface area contributed by atoms with Crippen molar-refractivity contribution in [3.8, 4) is 0 Å². The van der Waals surface area contributed by atoms with Crippen LogP contribution < -0.4 is 0 Å². The highest BCUT2D eigenvalue weighted by atomic mass is 16.6. The molecule has 0 bridgehead atoms. The number of ether oxygens (including phenoxy) is 3. The average Bonchev–Trinajstić information content (AvgIpc) is 3.27. The molecular weight excluding hydrogens is 769 g/mol. The van der Waals surface area contributed by atoms with Gasteiger partial charge in [-0.25, -0.2) is 0 Å². The number of allylic oxidation sites excluding steroid dienone is 12. The van der Waals surface area contributed by atoms with Crippen molar-refractivity contribution in [2.24, 2.45) is 0 Å². The molecule has 0 radical (unpaired) electrons. The summed E-state index contributed by atoms with van der Waals surface area (Å²) in [6.07, 6.45) is 63.2. The lowest BCUT2D eigenvalue weighted by Crippen LogP contribution is -2.30. The van der Waals surface area contributed by atoms with Gasteiger partial charge in [-0.05, 0) is 77.0 Å². The third-order valence-electron chi connectivity index (χ3n) is 10.9. The fraction of sp³-hybridized carbons (Fsp3) is 0.732. The van der Waals surface area contributed by atoms with Crippen molar-refractivity contribution in [2.45, 2.75) is 252 Å². The SMILES string of the molecule is CC/C=C\C/C=C\C/C=C\C/C=C\C/C=C\CCCC(=O)OCC(COC(=O)CCCCCCC/C=C\CCCC)OC(=O)CCCCCCCCCCCCCCCCCC. The van der Waals surface area contributed by atoms with Gasteiger partial charge in [0.25, 0.3) is 0 Å². The van der Waals surface area contributed by atoms with Crippen LogP contribution in [0.2, 0.25) is 0 Å². The highest BCUT2D eigenvalue weighted by molar-refractivity contribution is 5.71. The maximum atomic E-state index is 12.8. The zero-order chi connectivity index (χ0) is 45.1. The summed E-state index contributed by atoms with van der Waals surface area (Å²) >= 11 is 0. The third-order valence-corrected chi connectivity index (χ3v) is 10.9. The van der Waals surface area contributed by atoms with Crippen LogP contribution in [0, 0.1) is 0 Å². The molecular formula is C56H96O6. The van der Waals surface area contributed by atoms with Crippen LogP contribution in [0.4, 0.5) is 0 Å². The number of carbonyl (C=O) groups excluding carboxylic acids is 3. The summed E-state index contributed by atoms with van der Waals surface area (Å²) < 4.78 is 16.7. The molecule has 0 spiro atoms. The second kappa shape index (κ2) is 50.5. The van der Waals surface area contributed by atoms with Crippen molar-refractivity contribution < 1.29 is 28.6 Å². The summed E-state index contributed by atoms with van der Waals surface area (Å²) in [5.74, 6) is -0.962. The quantitative estimate of drug-likeness (QED) is 0.0262. The Kier molecular flexibility index (Phi) is 47.9. The molecule has 0 aliphatic carbocycles. The second-order valence-electron chi connectivity index (χ2n) is 17.1. The molecule has 0 N–H and O–H groups in total. The summed E-state index contributed by atoms with van der Waals surface area (Å²) in [5, 5.41) is 0. The van der Waals surface area contributed by atoms with Gasteiger partial charge in [-0.1, -0.05) is 222 Å². The van der Waals surface area contributed by atoms with Gasteiger partial charge in [-0.3, -0.25) is 14.4 Å². The molecule has 0 aromatic heterocycles. The van der Waals surface area contributed by atoms with Crippen molar-refractivity contribution in [3.05, 3.63) is 72.9 Å². The number of rotatable bonds is 46. The molecule has 0 rings (SSSR count). The Labute approximate surface area is 382 Å². The fourth-order valence-corrected chi connectivity index (χ4v) is 7.05. The first-order valence-electron chi connectivity index (χ1n) is 25.9. The Morgan fingerprint density at radius 2 is 0.661 bits per heavy atom. The summed E-state index contributed by atoms with van der Waals surface area (Å²) in [7, 11) is 0. The molecule has 6 heteroatoms. The Morgan fingerprint density at radius 1 is 0.339 bits per heavy atom. The molecule has 1 atom stereocenters. The van der Waals surface area contributed by atoms with E-state index in [4.69, 9.17) is 14.2 Å². The Hall–Kier alpha value is -3.15. The van der Waals surface area contributed by atoms with Crippen molar-refractivity contribution in [1.82, 2.24) is 0 Å². The van der Waals surface area contributed by atoms with Gasteiger partial charge < -0.3 is 14.2 Å². The molecule has 0 fully saturated rings. The lowest BCUT2D eigenvalue weighted by molar-refractivity contribution is -0.167. The molecule has 0 amide bonds. The van der Waals surface area contributed by atoms with Gasteiger partial charge in [-0.2, -0.15) is 0 Å². The minimum Gasteiger partial charge on any atom is -0.462 e. The van der Waals surface area contributed by atoms with Gasteiger partial charge in [0.2, 0.25) is 0 Å². The summed E-state index contributed by atoms with van der Waals surface area (Å²) in [4.78, 5) is 37.9. The zero-order valence-corrected chi connectivity index (χ0v) is 40.6. The van der Waals surface area contributed by atoms with Crippen molar-refractivity contribution >= 4 is 17.9 Å². The lowest BCUT2D eigenvalue weighted by Gasteiger charge is -2.18. The first-order chi connectivity index (χ1) is 30.5. The lowest BCUT2D eigenvalue weighted by atomic mass is 10.0. The summed E-state index contributed by atoms with van der Waals surface area (Å²) in [5.41, 5.74) is 0. The Balaban J connectivity index is 4.45. The fourth-order valence-electron chi connectivity index (χ4n) is 7.05. The molecule has 0 heterocycles. The van der Waals surface area contributed by atoms with Crippen LogP contribution in [0.5, 0.6) is 0 Å². The second-order valence-corrected chi connectivity index (χ2v) is 17.1. The molecule has 0 saturated carbocycles. The smallest absolute Gasteiger partial charge is 0.306 e. The predicted molar refractivity (Wildman–Crippen MR) is 265 cm³/mol. The first-order valence-corrected chi connectivity index (χ1v) is 25.9. The van der Waals surface area contributed by atoms with E-state index in [1.54, 1.807) is 0 Å². The molecule has 0 saturated heterocycles. The average molecular weight is 865 g/mol. The molecule has 0 aliphatic heterocycles. The minimum atomic E-state index is -0.798. The van der Waals surface area contributed by atoms with E-state index in [2.05, 4.69) is 93.7 Å². The van der Waals surface area contributed by atoms with E-state index in [0.717, 1.165) is 89.9 Å². The van der Waals surface area contributed by atoms with E-state index in [1.165, 1.54) is 109 Å². The van der Waals surface area contributed by atoms with Gasteiger partial charge in [0.15, 0.2) is 6.10 Å². The monoisotopic (exact) mass is 865 g/mol. The van der Waals surface area contributed by atoms with E-state index < -0.39 is 6.10 Å². The summed E-state index contributed by atoms with van der Waals surface area (Å²) in [6.45, 7) is 6.44. The van der Waals surface area contributed by atoms with Gasteiger partial charge >= 0.3 is 17.9 Å². The highest BCUT2D eigenvalue weighted by Gasteiger charge is 2.19.